The number of likely N-dealkylation sites (N-methyl/N-ethyl adjacent to an activating group) is 2. The normalized spacial score (nSPS) is 16.5. The lowest BCUT2D eigenvalue weighted by Crippen LogP contribution is -2.48. The Morgan fingerprint density at radius 2 is 1.67 bits per heavy atom. The number of nitriles is 1. The highest BCUT2D eigenvalue weighted by molar-refractivity contribution is 6.44. The van der Waals surface area contributed by atoms with Gasteiger partial charge in [-0.25, -0.2) is 4.90 Å². The van der Waals surface area contributed by atoms with Gasteiger partial charge in [-0.2, -0.15) is 5.26 Å². The molecule has 42 heavy (non-hydrogen) atoms. The number of nitrogens with one attached hydrogen (secondary N) is 1. The van der Waals surface area contributed by atoms with Gasteiger partial charge in [-0.15, -0.1) is 0 Å². The van der Waals surface area contributed by atoms with Crippen molar-refractivity contribution in [2.75, 3.05) is 61.9 Å². The Balaban J connectivity index is 1.47. The molecule has 0 aliphatic carbocycles. The second kappa shape index (κ2) is 12.2. The van der Waals surface area contributed by atoms with Crippen LogP contribution in [0.5, 0.6) is 0 Å². The lowest BCUT2D eigenvalue weighted by Gasteiger charge is -2.32. The summed E-state index contributed by atoms with van der Waals surface area (Å²) in [6.45, 7) is 5.30. The highest BCUT2D eigenvalue weighted by Gasteiger charge is 2.37. The summed E-state index contributed by atoms with van der Waals surface area (Å²) in [6, 6.07) is 21.3. The highest BCUT2D eigenvalue weighted by atomic mass is 35.5. The van der Waals surface area contributed by atoms with Gasteiger partial charge in [-0.1, -0.05) is 29.8 Å². The van der Waals surface area contributed by atoms with Gasteiger partial charge in [0, 0.05) is 62.1 Å². The zero-order chi connectivity index (χ0) is 30.0. The Morgan fingerprint density at radius 1 is 1.00 bits per heavy atom. The summed E-state index contributed by atoms with van der Waals surface area (Å²) in [7, 11) is 3.85. The van der Waals surface area contributed by atoms with Gasteiger partial charge in [-0.05, 0) is 61.1 Å². The highest BCUT2D eigenvalue weighted by Crippen LogP contribution is 2.42. The van der Waals surface area contributed by atoms with Crippen molar-refractivity contribution in [1.29, 1.82) is 5.26 Å². The van der Waals surface area contributed by atoms with Gasteiger partial charge < -0.3 is 15.1 Å². The van der Waals surface area contributed by atoms with E-state index < -0.39 is 11.8 Å². The lowest BCUT2D eigenvalue weighted by molar-refractivity contribution is -0.122. The van der Waals surface area contributed by atoms with Gasteiger partial charge in [-0.3, -0.25) is 19.3 Å². The number of amides is 3. The second-order valence-electron chi connectivity index (χ2n) is 10.5. The van der Waals surface area contributed by atoms with Crippen molar-refractivity contribution >= 4 is 57.7 Å². The van der Waals surface area contributed by atoms with Crippen LogP contribution in [0.4, 0.5) is 17.1 Å². The van der Waals surface area contributed by atoms with E-state index in [1.54, 1.807) is 54.4 Å². The van der Waals surface area contributed by atoms with E-state index in [2.05, 4.69) is 28.2 Å². The number of fused-ring (bicyclic) bond motifs is 1. The van der Waals surface area contributed by atoms with Gasteiger partial charge in [0.15, 0.2) is 0 Å². The number of carbonyl (C=O) groups is 3. The van der Waals surface area contributed by atoms with E-state index in [-0.39, 0.29) is 5.91 Å². The average molecular weight is 583 g/mol. The number of hydrogen-bond acceptors (Lipinski definition) is 7. The minimum atomic E-state index is -0.475. The standard InChI is InChI=1S/C32H31ClN6O3/c1-21(40)39-28-18-24(33)8-13-27(28)30(32(39)42)31(23-6-4-22(19-34)5-7-23)35-25-9-11-26(12-10-25)37(3)29(41)20-38-16-14-36(2)15-17-38/h4-13,18,35H,14-17,20H2,1-3H3. The van der Waals surface area contributed by atoms with Gasteiger partial charge in [0.05, 0.1) is 35.1 Å². The SMILES string of the molecule is CC(=O)N1C(=O)C(=C(Nc2ccc(N(C)C(=O)CN3CCN(C)CC3)cc2)c2ccc(C#N)cc2)c2ccc(Cl)cc21. The molecule has 3 aromatic rings. The van der Waals surface area contributed by atoms with Crippen molar-refractivity contribution < 1.29 is 14.4 Å². The van der Waals surface area contributed by atoms with E-state index in [4.69, 9.17) is 11.6 Å². The molecule has 3 amide bonds. The predicted octanol–water partition coefficient (Wildman–Crippen LogP) is 4.30. The van der Waals surface area contributed by atoms with Gasteiger partial charge in [0.25, 0.3) is 5.91 Å². The lowest BCUT2D eigenvalue weighted by atomic mass is 9.99. The molecule has 3 aromatic carbocycles. The summed E-state index contributed by atoms with van der Waals surface area (Å²) in [5.41, 5.74) is 4.33. The number of carbonyl (C=O) groups excluding carboxylic acids is 3. The third kappa shape index (κ3) is 5.92. The number of imide groups is 1. The zero-order valence-electron chi connectivity index (χ0n) is 23.7. The molecule has 10 heteroatoms. The summed E-state index contributed by atoms with van der Waals surface area (Å²) >= 11 is 6.23. The molecule has 5 rings (SSSR count). The first kappa shape index (κ1) is 29.0. The van der Waals surface area contributed by atoms with Crippen LogP contribution in [0.2, 0.25) is 5.02 Å². The van der Waals surface area contributed by atoms with E-state index in [0.717, 1.165) is 36.8 Å². The number of halogens is 1. The average Bonchev–Trinajstić information content (AvgIpc) is 3.27. The van der Waals surface area contributed by atoms with Crippen LogP contribution in [-0.4, -0.2) is 74.3 Å². The van der Waals surface area contributed by atoms with Gasteiger partial charge in [0.2, 0.25) is 11.8 Å². The Kier molecular flexibility index (Phi) is 8.41. The molecule has 1 fully saturated rings. The van der Waals surface area contributed by atoms with Crippen LogP contribution < -0.4 is 15.1 Å². The quantitative estimate of drug-likeness (QED) is 0.433. The van der Waals surface area contributed by atoms with E-state index in [1.807, 2.05) is 24.3 Å². The molecule has 2 heterocycles. The van der Waals surface area contributed by atoms with Crippen LogP contribution in [0.15, 0.2) is 66.7 Å². The van der Waals surface area contributed by atoms with Crippen LogP contribution in [0.3, 0.4) is 0 Å². The smallest absolute Gasteiger partial charge is 0.267 e. The summed E-state index contributed by atoms with van der Waals surface area (Å²) in [6.07, 6.45) is 0. The minimum absolute atomic E-state index is 0.0109. The van der Waals surface area contributed by atoms with E-state index in [1.165, 1.54) is 6.92 Å². The third-order valence-corrected chi connectivity index (χ3v) is 7.84. The molecular formula is C32H31ClN6O3. The first-order chi connectivity index (χ1) is 20.2. The third-order valence-electron chi connectivity index (χ3n) is 7.61. The molecule has 0 bridgehead atoms. The topological polar surface area (TPSA) is 100.0 Å². The molecule has 9 nitrogen and oxygen atoms in total. The molecule has 0 atom stereocenters. The van der Waals surface area contributed by atoms with Crippen LogP contribution in [0.25, 0.3) is 11.3 Å². The molecule has 0 radical (unpaired) electrons. The van der Waals surface area contributed by atoms with E-state index in [0.29, 0.717) is 50.9 Å². The maximum Gasteiger partial charge on any atom is 0.267 e. The molecule has 1 saturated heterocycles. The molecule has 0 spiro atoms. The number of rotatable bonds is 6. The molecule has 2 aliphatic rings. The number of nitrogens with zero attached hydrogens (tertiary/aromatic N) is 5. The monoisotopic (exact) mass is 582 g/mol. The second-order valence-corrected chi connectivity index (χ2v) is 10.9. The number of anilines is 3. The largest absolute Gasteiger partial charge is 0.354 e. The fourth-order valence-electron chi connectivity index (χ4n) is 5.14. The molecule has 0 saturated carbocycles. The van der Waals surface area contributed by atoms with Crippen molar-refractivity contribution in [1.82, 2.24) is 9.80 Å². The fourth-order valence-corrected chi connectivity index (χ4v) is 5.31. The summed E-state index contributed by atoms with van der Waals surface area (Å²) < 4.78 is 0. The molecule has 0 aromatic heterocycles. The Morgan fingerprint density at radius 3 is 2.29 bits per heavy atom. The molecule has 2 aliphatic heterocycles. The Labute approximate surface area is 250 Å². The van der Waals surface area contributed by atoms with Crippen LogP contribution >= 0.6 is 11.6 Å². The summed E-state index contributed by atoms with van der Waals surface area (Å²) in [5, 5.41) is 13.1. The number of piperazine rings is 1. The van der Waals surface area contributed by atoms with Gasteiger partial charge >= 0.3 is 0 Å². The van der Waals surface area contributed by atoms with Crippen molar-refractivity contribution in [2.45, 2.75) is 6.92 Å². The summed E-state index contributed by atoms with van der Waals surface area (Å²) in [5.74, 6) is -0.888. The summed E-state index contributed by atoms with van der Waals surface area (Å²) in [4.78, 5) is 46.4. The van der Waals surface area contributed by atoms with Crippen molar-refractivity contribution in [3.63, 3.8) is 0 Å². The van der Waals surface area contributed by atoms with Crippen molar-refractivity contribution in [2.24, 2.45) is 0 Å². The molecule has 214 valence electrons. The fraction of sp³-hybridized carbons (Fsp3) is 0.250. The van der Waals surface area contributed by atoms with Crippen LogP contribution in [-0.2, 0) is 14.4 Å². The molecular weight excluding hydrogens is 552 g/mol. The Bertz CT molecular complexity index is 1600. The predicted molar refractivity (Wildman–Crippen MR) is 165 cm³/mol. The number of benzene rings is 3. The van der Waals surface area contributed by atoms with Crippen LogP contribution in [0.1, 0.15) is 23.6 Å². The first-order valence-electron chi connectivity index (χ1n) is 13.6. The Hall–Kier alpha value is -4.49. The van der Waals surface area contributed by atoms with Gasteiger partial charge in [0.1, 0.15) is 0 Å². The molecule has 1 N–H and O–H groups in total. The number of hydrogen-bond donors (Lipinski definition) is 1. The van der Waals surface area contributed by atoms with E-state index in [9.17, 15) is 19.6 Å². The van der Waals surface area contributed by atoms with Crippen molar-refractivity contribution in [3.05, 3.63) is 88.4 Å². The maximum atomic E-state index is 13.7. The van der Waals surface area contributed by atoms with Crippen molar-refractivity contribution in [3.8, 4) is 6.07 Å². The minimum Gasteiger partial charge on any atom is -0.354 e. The van der Waals surface area contributed by atoms with E-state index >= 15 is 0 Å². The zero-order valence-corrected chi connectivity index (χ0v) is 24.5. The molecule has 0 unspecified atom stereocenters. The maximum absolute atomic E-state index is 13.7. The first-order valence-corrected chi connectivity index (χ1v) is 14.0. The van der Waals surface area contributed by atoms with Crippen LogP contribution in [0, 0.1) is 11.3 Å².